The molecule has 1 aliphatic rings. The van der Waals surface area contributed by atoms with Crippen molar-refractivity contribution in [3.05, 3.63) is 40.3 Å². The van der Waals surface area contributed by atoms with E-state index in [1.807, 2.05) is 12.1 Å². The maximum Gasteiger partial charge on any atom is 0.263 e. The minimum absolute atomic E-state index is 0.183. The standard InChI is InChI=1S/C11H6N2OS2/c12-6-8-3-1-2-7(4-8)5-9-10(14)13-11(15)16-9/h1-5H,(H,13,14,15)/b9-5-. The van der Waals surface area contributed by atoms with Crippen molar-refractivity contribution in [1.29, 1.82) is 5.26 Å². The smallest absolute Gasteiger partial charge is 0.263 e. The van der Waals surface area contributed by atoms with Crippen molar-refractivity contribution in [2.45, 2.75) is 0 Å². The summed E-state index contributed by atoms with van der Waals surface area (Å²) in [4.78, 5) is 11.9. The molecule has 1 amide bonds. The molecule has 0 aromatic heterocycles. The molecule has 1 saturated heterocycles. The summed E-state index contributed by atoms with van der Waals surface area (Å²) in [6.45, 7) is 0. The van der Waals surface area contributed by atoms with Gasteiger partial charge in [-0.1, -0.05) is 36.1 Å². The van der Waals surface area contributed by atoms with Gasteiger partial charge in [0.25, 0.3) is 5.91 Å². The number of benzene rings is 1. The highest BCUT2D eigenvalue weighted by atomic mass is 32.2. The van der Waals surface area contributed by atoms with E-state index in [0.717, 1.165) is 5.56 Å². The molecule has 0 unspecified atom stereocenters. The van der Waals surface area contributed by atoms with Crippen molar-refractivity contribution in [1.82, 2.24) is 5.32 Å². The predicted molar refractivity (Wildman–Crippen MR) is 67.5 cm³/mol. The highest BCUT2D eigenvalue weighted by Crippen LogP contribution is 2.25. The van der Waals surface area contributed by atoms with Crippen LogP contribution in [0.15, 0.2) is 29.2 Å². The number of nitrogens with zero attached hydrogens (tertiary/aromatic N) is 1. The van der Waals surface area contributed by atoms with Crippen molar-refractivity contribution in [3.8, 4) is 6.07 Å². The first kappa shape index (κ1) is 10.9. The molecule has 0 radical (unpaired) electrons. The fraction of sp³-hybridized carbons (Fsp3) is 0. The average Bonchev–Trinajstić information content (AvgIpc) is 2.58. The van der Waals surface area contributed by atoms with Crippen LogP contribution in [-0.4, -0.2) is 10.2 Å². The SMILES string of the molecule is N#Cc1cccc(/C=C2\SC(=S)NC2=O)c1. The van der Waals surface area contributed by atoms with E-state index < -0.39 is 0 Å². The molecular weight excluding hydrogens is 240 g/mol. The van der Waals surface area contributed by atoms with E-state index in [-0.39, 0.29) is 5.91 Å². The summed E-state index contributed by atoms with van der Waals surface area (Å²) in [5, 5.41) is 11.3. The molecule has 5 heteroatoms. The molecule has 0 aliphatic carbocycles. The predicted octanol–water partition coefficient (Wildman–Crippen LogP) is 2.05. The Morgan fingerprint density at radius 3 is 2.94 bits per heavy atom. The van der Waals surface area contributed by atoms with E-state index >= 15 is 0 Å². The number of nitrogens with one attached hydrogen (secondary N) is 1. The van der Waals surface area contributed by atoms with Gasteiger partial charge in [0.15, 0.2) is 0 Å². The van der Waals surface area contributed by atoms with Gasteiger partial charge < -0.3 is 5.32 Å². The van der Waals surface area contributed by atoms with Crippen LogP contribution in [0.1, 0.15) is 11.1 Å². The number of hydrogen-bond acceptors (Lipinski definition) is 4. The van der Waals surface area contributed by atoms with Crippen LogP contribution in [0.3, 0.4) is 0 Å². The maximum absolute atomic E-state index is 11.4. The number of amides is 1. The van der Waals surface area contributed by atoms with Crippen LogP contribution in [0.5, 0.6) is 0 Å². The molecular formula is C11H6N2OS2. The molecule has 1 N–H and O–H groups in total. The average molecular weight is 246 g/mol. The highest BCUT2D eigenvalue weighted by molar-refractivity contribution is 8.26. The largest absolute Gasteiger partial charge is 0.307 e. The minimum Gasteiger partial charge on any atom is -0.307 e. The normalized spacial score (nSPS) is 17.3. The number of carbonyl (C=O) groups excluding carboxylic acids is 1. The summed E-state index contributed by atoms with van der Waals surface area (Å²) < 4.78 is 0.465. The topological polar surface area (TPSA) is 52.9 Å². The van der Waals surface area contributed by atoms with Crippen LogP contribution in [0.25, 0.3) is 6.08 Å². The van der Waals surface area contributed by atoms with Crippen LogP contribution >= 0.6 is 24.0 Å². The van der Waals surface area contributed by atoms with Gasteiger partial charge in [-0.3, -0.25) is 4.79 Å². The first-order chi connectivity index (χ1) is 7.69. The Hall–Kier alpha value is -1.64. The van der Waals surface area contributed by atoms with Crippen molar-refractivity contribution >= 4 is 40.3 Å². The first-order valence-electron chi connectivity index (χ1n) is 4.44. The lowest BCUT2D eigenvalue weighted by Crippen LogP contribution is -2.17. The summed E-state index contributed by atoms with van der Waals surface area (Å²) >= 11 is 6.11. The zero-order valence-electron chi connectivity index (χ0n) is 8.06. The zero-order chi connectivity index (χ0) is 11.5. The van der Waals surface area contributed by atoms with Crippen LogP contribution in [-0.2, 0) is 4.79 Å². The first-order valence-corrected chi connectivity index (χ1v) is 5.66. The molecule has 16 heavy (non-hydrogen) atoms. The molecule has 1 aliphatic heterocycles. The second-order valence-electron chi connectivity index (χ2n) is 3.09. The quantitative estimate of drug-likeness (QED) is 0.608. The Bertz CT molecular complexity index is 543. The lowest BCUT2D eigenvalue weighted by atomic mass is 10.1. The Morgan fingerprint density at radius 2 is 2.31 bits per heavy atom. The molecule has 0 atom stereocenters. The van der Waals surface area contributed by atoms with E-state index in [4.69, 9.17) is 17.5 Å². The molecule has 1 aromatic carbocycles. The third kappa shape index (κ3) is 2.30. The number of nitriles is 1. The Kier molecular flexibility index (Phi) is 3.04. The summed E-state index contributed by atoms with van der Waals surface area (Å²) in [5.74, 6) is -0.183. The summed E-state index contributed by atoms with van der Waals surface area (Å²) in [7, 11) is 0. The van der Waals surface area contributed by atoms with Crippen molar-refractivity contribution < 1.29 is 4.79 Å². The van der Waals surface area contributed by atoms with Crippen LogP contribution in [0.4, 0.5) is 0 Å². The van der Waals surface area contributed by atoms with Gasteiger partial charge in [0.1, 0.15) is 4.32 Å². The number of thiocarbonyl (C=S) groups is 1. The zero-order valence-corrected chi connectivity index (χ0v) is 9.69. The van der Waals surface area contributed by atoms with Gasteiger partial charge in [0.05, 0.1) is 16.5 Å². The van der Waals surface area contributed by atoms with Gasteiger partial charge in [-0.25, -0.2) is 0 Å². The number of thioether (sulfide) groups is 1. The fourth-order valence-corrected chi connectivity index (χ4v) is 2.31. The number of carbonyl (C=O) groups is 1. The lowest BCUT2D eigenvalue weighted by Gasteiger charge is -1.95. The number of hydrogen-bond donors (Lipinski definition) is 1. The highest BCUT2D eigenvalue weighted by Gasteiger charge is 2.21. The molecule has 3 nitrogen and oxygen atoms in total. The van der Waals surface area contributed by atoms with Crippen molar-refractivity contribution in [3.63, 3.8) is 0 Å². The fourth-order valence-electron chi connectivity index (χ4n) is 1.27. The lowest BCUT2D eigenvalue weighted by molar-refractivity contribution is -0.115. The third-order valence-electron chi connectivity index (χ3n) is 1.96. The second-order valence-corrected chi connectivity index (χ2v) is 4.81. The molecule has 1 heterocycles. The van der Waals surface area contributed by atoms with E-state index in [2.05, 4.69) is 5.32 Å². The molecule has 0 saturated carbocycles. The number of rotatable bonds is 1. The minimum atomic E-state index is -0.183. The van der Waals surface area contributed by atoms with Crippen LogP contribution < -0.4 is 5.32 Å². The summed E-state index contributed by atoms with van der Waals surface area (Å²) in [6, 6.07) is 9.11. The van der Waals surface area contributed by atoms with Crippen molar-refractivity contribution in [2.24, 2.45) is 0 Å². The van der Waals surface area contributed by atoms with Crippen LogP contribution in [0, 0.1) is 11.3 Å². The van der Waals surface area contributed by atoms with Gasteiger partial charge in [-0.05, 0) is 23.8 Å². The van der Waals surface area contributed by atoms with E-state index in [1.54, 1.807) is 24.3 Å². The third-order valence-corrected chi connectivity index (χ3v) is 3.12. The molecule has 0 bridgehead atoms. The molecule has 1 aromatic rings. The van der Waals surface area contributed by atoms with Gasteiger partial charge >= 0.3 is 0 Å². The Morgan fingerprint density at radius 1 is 1.50 bits per heavy atom. The summed E-state index contributed by atoms with van der Waals surface area (Å²) in [6.07, 6.45) is 1.72. The van der Waals surface area contributed by atoms with Gasteiger partial charge in [0.2, 0.25) is 0 Å². The monoisotopic (exact) mass is 246 g/mol. The van der Waals surface area contributed by atoms with E-state index in [9.17, 15) is 4.79 Å². The molecule has 1 fully saturated rings. The second kappa shape index (κ2) is 4.47. The molecule has 78 valence electrons. The molecule has 2 rings (SSSR count). The summed E-state index contributed by atoms with van der Waals surface area (Å²) in [5.41, 5.74) is 1.39. The van der Waals surface area contributed by atoms with Gasteiger partial charge in [-0.15, -0.1) is 0 Å². The van der Waals surface area contributed by atoms with Gasteiger partial charge in [-0.2, -0.15) is 5.26 Å². The molecule has 0 spiro atoms. The van der Waals surface area contributed by atoms with Crippen LogP contribution in [0.2, 0.25) is 0 Å². The Labute approximate surface area is 102 Å². The van der Waals surface area contributed by atoms with Gasteiger partial charge in [0, 0.05) is 0 Å². The maximum atomic E-state index is 11.4. The van der Waals surface area contributed by atoms with E-state index in [0.29, 0.717) is 14.8 Å². The Balaban J connectivity index is 2.33. The van der Waals surface area contributed by atoms with E-state index in [1.165, 1.54) is 11.8 Å². The van der Waals surface area contributed by atoms with Crippen molar-refractivity contribution in [2.75, 3.05) is 0 Å².